The van der Waals surface area contributed by atoms with Crippen LogP contribution >= 0.6 is 0 Å². The molecule has 1 aliphatic carbocycles. The van der Waals surface area contributed by atoms with Crippen molar-refractivity contribution in [1.82, 2.24) is 19.5 Å². The van der Waals surface area contributed by atoms with Crippen molar-refractivity contribution in [1.29, 1.82) is 0 Å². The van der Waals surface area contributed by atoms with Gasteiger partial charge in [0.1, 0.15) is 12.3 Å². The Morgan fingerprint density at radius 2 is 2.33 bits per heavy atom. The number of nitrogen functional groups attached to an aromatic ring is 1. The van der Waals surface area contributed by atoms with Crippen LogP contribution in [0, 0.1) is 5.92 Å². The van der Waals surface area contributed by atoms with Gasteiger partial charge in [-0.2, -0.15) is 4.98 Å². The number of hydrogen-bond acceptors (Lipinski definition) is 8. The van der Waals surface area contributed by atoms with Crippen molar-refractivity contribution in [2.45, 2.75) is 37.8 Å². The Hall–Kier alpha value is -2.50. The fraction of sp³-hybridized carbons (Fsp3) is 0.538. The third-order valence-corrected chi connectivity index (χ3v) is 4.33. The van der Waals surface area contributed by atoms with Crippen LogP contribution in [0.2, 0.25) is 0 Å². The Kier molecular flexibility index (Phi) is 3.78. The number of nitrogens with zero attached hydrogens (tertiary/aromatic N) is 3. The Labute approximate surface area is 135 Å². The van der Waals surface area contributed by atoms with Gasteiger partial charge in [0.2, 0.25) is 5.95 Å². The van der Waals surface area contributed by atoms with E-state index in [0.717, 1.165) is 0 Å². The number of carbonyl (C=O) groups is 1. The van der Waals surface area contributed by atoms with Gasteiger partial charge >= 0.3 is 5.97 Å². The molecule has 7 N–H and O–H groups in total. The molecule has 0 radical (unpaired) electrons. The zero-order chi connectivity index (χ0) is 17.6. The van der Waals surface area contributed by atoms with Crippen LogP contribution in [-0.4, -0.2) is 53.4 Å². The lowest BCUT2D eigenvalue weighted by Gasteiger charge is -2.08. The van der Waals surface area contributed by atoms with Crippen molar-refractivity contribution < 1.29 is 19.7 Å². The summed E-state index contributed by atoms with van der Waals surface area (Å²) in [7, 11) is 0. The van der Waals surface area contributed by atoms with Gasteiger partial charge in [-0.1, -0.05) is 6.92 Å². The molecule has 4 atom stereocenters. The Balaban J connectivity index is 1.81. The number of carboxylic acid groups (broad SMARTS) is 1. The van der Waals surface area contributed by atoms with E-state index >= 15 is 0 Å². The number of fused-ring (bicyclic) bond motifs is 1. The molecular weight excluding hydrogens is 320 g/mol. The van der Waals surface area contributed by atoms with Crippen LogP contribution in [0.1, 0.15) is 13.3 Å². The summed E-state index contributed by atoms with van der Waals surface area (Å²) >= 11 is 0. The molecule has 2 heterocycles. The number of nitrogens with one attached hydrogen (secondary N) is 1. The zero-order valence-electron chi connectivity index (χ0n) is 12.8. The molecule has 3 rings (SSSR count). The number of aromatic nitrogens is 4. The Bertz CT molecular complexity index is 847. The van der Waals surface area contributed by atoms with Crippen LogP contribution in [0.4, 0.5) is 5.95 Å². The highest BCUT2D eigenvalue weighted by atomic mass is 16.5. The lowest BCUT2D eigenvalue weighted by Crippen LogP contribution is -2.40. The number of rotatable bonds is 6. The van der Waals surface area contributed by atoms with Gasteiger partial charge in [-0.25, -0.2) is 4.98 Å². The van der Waals surface area contributed by atoms with Crippen LogP contribution in [0.5, 0.6) is 0 Å². The van der Waals surface area contributed by atoms with Gasteiger partial charge in [-0.05, 0) is 6.42 Å². The predicted molar refractivity (Wildman–Crippen MR) is 81.8 cm³/mol. The molecule has 130 valence electrons. The molecule has 1 fully saturated rings. The number of imidazole rings is 1. The summed E-state index contributed by atoms with van der Waals surface area (Å²) in [6, 6.07) is 0. The van der Waals surface area contributed by atoms with Crippen molar-refractivity contribution in [3.05, 3.63) is 16.7 Å². The Morgan fingerprint density at radius 3 is 2.96 bits per heavy atom. The highest BCUT2D eigenvalue weighted by molar-refractivity contribution is 5.85. The first-order valence-corrected chi connectivity index (χ1v) is 7.33. The number of ether oxygens (including phenoxy) is 1. The van der Waals surface area contributed by atoms with Gasteiger partial charge in [0.05, 0.1) is 18.5 Å². The van der Waals surface area contributed by atoms with Crippen molar-refractivity contribution in [3.63, 3.8) is 0 Å². The number of aliphatic hydroxyl groups is 1. The molecular formula is C13H18N6O5. The van der Waals surface area contributed by atoms with Crippen LogP contribution in [0.15, 0.2) is 11.1 Å². The van der Waals surface area contributed by atoms with E-state index in [0.29, 0.717) is 6.42 Å². The topological polar surface area (TPSA) is 182 Å². The molecule has 0 spiro atoms. The van der Waals surface area contributed by atoms with E-state index in [4.69, 9.17) is 16.2 Å². The van der Waals surface area contributed by atoms with Crippen molar-refractivity contribution >= 4 is 23.1 Å². The normalized spacial score (nSPS) is 27.3. The minimum atomic E-state index is -1.64. The first kappa shape index (κ1) is 16.4. The fourth-order valence-electron chi connectivity index (χ4n) is 2.91. The van der Waals surface area contributed by atoms with E-state index in [2.05, 4.69) is 15.0 Å². The van der Waals surface area contributed by atoms with E-state index in [1.807, 2.05) is 0 Å². The molecule has 11 heteroatoms. The van der Waals surface area contributed by atoms with E-state index in [9.17, 15) is 19.8 Å². The van der Waals surface area contributed by atoms with Crippen LogP contribution in [-0.2, 0) is 16.3 Å². The van der Waals surface area contributed by atoms with Crippen LogP contribution < -0.4 is 17.0 Å². The average Bonchev–Trinajstić information content (AvgIpc) is 2.93. The summed E-state index contributed by atoms with van der Waals surface area (Å²) in [5.74, 6) is -2.02. The number of H-pyrrole nitrogens is 1. The molecule has 2 aromatic heterocycles. The van der Waals surface area contributed by atoms with E-state index in [-0.39, 0.29) is 23.8 Å². The number of aliphatic hydroxyl groups excluding tert-OH is 1. The smallest absolute Gasteiger partial charge is 0.326 e. The second-order valence-electron chi connectivity index (χ2n) is 5.79. The second kappa shape index (κ2) is 5.54. The molecule has 2 aromatic rings. The van der Waals surface area contributed by atoms with E-state index in [1.54, 1.807) is 6.92 Å². The first-order chi connectivity index (χ1) is 11.3. The summed E-state index contributed by atoms with van der Waals surface area (Å²) in [5.41, 5.74) is 9.53. The van der Waals surface area contributed by atoms with Crippen molar-refractivity contribution in [3.8, 4) is 0 Å². The summed E-state index contributed by atoms with van der Waals surface area (Å²) in [5, 5.41) is 19.2. The lowest BCUT2D eigenvalue weighted by atomic mass is 10.1. The maximum absolute atomic E-state index is 11.7. The van der Waals surface area contributed by atoms with Crippen molar-refractivity contribution in [2.75, 3.05) is 5.73 Å². The zero-order valence-corrected chi connectivity index (χ0v) is 12.8. The molecule has 0 saturated heterocycles. The SMILES string of the molecule is CCC(O)C1C(OCn2cnc3c(=O)[nH]c(N)nc32)C1(N)C(=O)O. The molecule has 1 saturated carbocycles. The van der Waals surface area contributed by atoms with Gasteiger partial charge in [-0.3, -0.25) is 19.1 Å². The summed E-state index contributed by atoms with van der Waals surface area (Å²) in [6.45, 7) is 1.60. The second-order valence-corrected chi connectivity index (χ2v) is 5.79. The molecule has 24 heavy (non-hydrogen) atoms. The quantitative estimate of drug-likeness (QED) is 0.406. The maximum atomic E-state index is 11.7. The highest BCUT2D eigenvalue weighted by Crippen LogP contribution is 2.47. The van der Waals surface area contributed by atoms with Gasteiger partial charge in [0, 0.05) is 5.92 Å². The number of aliphatic carboxylic acids is 1. The Morgan fingerprint density at radius 1 is 1.62 bits per heavy atom. The molecule has 4 unspecified atom stereocenters. The number of anilines is 1. The van der Waals surface area contributed by atoms with E-state index < -0.39 is 35.2 Å². The minimum Gasteiger partial charge on any atom is -0.480 e. The summed E-state index contributed by atoms with van der Waals surface area (Å²) in [6.07, 6.45) is -0.0500. The first-order valence-electron chi connectivity index (χ1n) is 7.33. The monoisotopic (exact) mass is 338 g/mol. The number of hydrogen-bond donors (Lipinski definition) is 5. The highest BCUT2D eigenvalue weighted by Gasteiger charge is 2.71. The summed E-state index contributed by atoms with van der Waals surface area (Å²) < 4.78 is 6.98. The molecule has 0 bridgehead atoms. The minimum absolute atomic E-state index is 0.0707. The molecule has 0 aromatic carbocycles. The van der Waals surface area contributed by atoms with Crippen molar-refractivity contribution in [2.24, 2.45) is 11.7 Å². The lowest BCUT2D eigenvalue weighted by molar-refractivity contribution is -0.141. The maximum Gasteiger partial charge on any atom is 0.326 e. The molecule has 0 amide bonds. The van der Waals surface area contributed by atoms with Gasteiger partial charge in [0.15, 0.2) is 11.2 Å². The van der Waals surface area contributed by atoms with Gasteiger partial charge in [-0.15, -0.1) is 0 Å². The van der Waals surface area contributed by atoms with E-state index in [1.165, 1.54) is 10.9 Å². The molecule has 0 aliphatic heterocycles. The molecule has 11 nitrogen and oxygen atoms in total. The van der Waals surface area contributed by atoms with Gasteiger partial charge < -0.3 is 26.4 Å². The molecule has 1 aliphatic rings. The largest absolute Gasteiger partial charge is 0.480 e. The predicted octanol–water partition coefficient (Wildman–Crippen LogP) is -1.77. The number of aromatic amines is 1. The fourth-order valence-corrected chi connectivity index (χ4v) is 2.91. The van der Waals surface area contributed by atoms with Gasteiger partial charge in [0.25, 0.3) is 5.56 Å². The summed E-state index contributed by atoms with van der Waals surface area (Å²) in [4.78, 5) is 33.3. The number of carboxylic acids is 1. The average molecular weight is 338 g/mol. The standard InChI is InChI=1S/C13H18N6O5/c1-2-5(20)6-8(13(6,15)11(22)23)24-4-19-3-16-7-9(19)17-12(14)18-10(7)21/h3,5-6,8,20H,2,4,15H2,1H3,(H,22,23)(H3,14,17,18,21). The van der Waals surface area contributed by atoms with Crippen LogP contribution in [0.3, 0.4) is 0 Å². The number of nitrogens with two attached hydrogens (primary N) is 2. The van der Waals surface area contributed by atoms with Crippen LogP contribution in [0.25, 0.3) is 11.2 Å². The third kappa shape index (κ3) is 2.33. The third-order valence-electron chi connectivity index (χ3n) is 4.33.